The van der Waals surface area contributed by atoms with Crippen molar-refractivity contribution in [2.45, 2.75) is 24.4 Å². The van der Waals surface area contributed by atoms with Gasteiger partial charge in [0, 0.05) is 4.47 Å². The van der Waals surface area contributed by atoms with Gasteiger partial charge >= 0.3 is 12.1 Å². The maximum Gasteiger partial charge on any atom is 0.416 e. The maximum atomic E-state index is 12.8. The Morgan fingerprint density at radius 1 is 1.35 bits per heavy atom. The zero-order valence-electron chi connectivity index (χ0n) is 8.51. The minimum atomic E-state index is -4.54. The Labute approximate surface area is 104 Å². The van der Waals surface area contributed by atoms with Crippen molar-refractivity contribution in [2.24, 2.45) is 0 Å². The van der Waals surface area contributed by atoms with Crippen molar-refractivity contribution < 1.29 is 23.1 Å². The van der Waals surface area contributed by atoms with Crippen molar-refractivity contribution in [3.63, 3.8) is 0 Å². The van der Waals surface area contributed by atoms with E-state index in [4.69, 9.17) is 5.11 Å². The monoisotopic (exact) mass is 308 g/mol. The second-order valence-electron chi connectivity index (χ2n) is 4.05. The van der Waals surface area contributed by atoms with Crippen LogP contribution in [0.25, 0.3) is 0 Å². The SMILES string of the molecule is O=C(O)C1(c2c(Br)cccc2C(F)(F)F)CC1. The smallest absolute Gasteiger partial charge is 0.416 e. The molecule has 2 rings (SSSR count). The molecule has 1 aromatic rings. The molecule has 0 bridgehead atoms. The highest BCUT2D eigenvalue weighted by Crippen LogP contribution is 2.54. The van der Waals surface area contributed by atoms with Gasteiger partial charge in [-0.1, -0.05) is 22.0 Å². The van der Waals surface area contributed by atoms with Gasteiger partial charge in [-0.2, -0.15) is 13.2 Å². The number of aliphatic carboxylic acids is 1. The van der Waals surface area contributed by atoms with Crippen LogP contribution in [0.15, 0.2) is 22.7 Å². The van der Waals surface area contributed by atoms with E-state index in [2.05, 4.69) is 15.9 Å². The van der Waals surface area contributed by atoms with Gasteiger partial charge in [0.1, 0.15) is 0 Å². The van der Waals surface area contributed by atoms with Crippen LogP contribution in [0.5, 0.6) is 0 Å². The van der Waals surface area contributed by atoms with Gasteiger partial charge < -0.3 is 5.11 Å². The lowest BCUT2D eigenvalue weighted by Gasteiger charge is -2.19. The van der Waals surface area contributed by atoms with E-state index < -0.39 is 23.1 Å². The Morgan fingerprint density at radius 3 is 2.35 bits per heavy atom. The molecule has 1 fully saturated rings. The molecular formula is C11H8BrF3O2. The highest BCUT2D eigenvalue weighted by atomic mass is 79.9. The van der Waals surface area contributed by atoms with Crippen molar-refractivity contribution >= 4 is 21.9 Å². The lowest BCUT2D eigenvalue weighted by Crippen LogP contribution is -2.24. The number of halogens is 4. The molecule has 1 aromatic carbocycles. The van der Waals surface area contributed by atoms with Crippen LogP contribution in [0.3, 0.4) is 0 Å². The molecule has 92 valence electrons. The van der Waals surface area contributed by atoms with Crippen LogP contribution in [0.4, 0.5) is 13.2 Å². The van der Waals surface area contributed by atoms with Gasteiger partial charge in [0.05, 0.1) is 11.0 Å². The minimum absolute atomic E-state index is 0.153. The van der Waals surface area contributed by atoms with Crippen LogP contribution in [0.2, 0.25) is 0 Å². The first-order valence-corrected chi connectivity index (χ1v) is 5.68. The molecule has 6 heteroatoms. The Hall–Kier alpha value is -1.04. The van der Waals surface area contributed by atoms with Crippen molar-refractivity contribution in [3.05, 3.63) is 33.8 Å². The number of carbonyl (C=O) groups is 1. The summed E-state index contributed by atoms with van der Waals surface area (Å²) in [6, 6.07) is 3.62. The number of hydrogen-bond acceptors (Lipinski definition) is 1. The summed E-state index contributed by atoms with van der Waals surface area (Å²) in [4.78, 5) is 11.1. The highest BCUT2D eigenvalue weighted by molar-refractivity contribution is 9.10. The molecule has 0 aromatic heterocycles. The lowest BCUT2D eigenvalue weighted by molar-refractivity contribution is -0.142. The second-order valence-corrected chi connectivity index (χ2v) is 4.90. The number of hydrogen-bond donors (Lipinski definition) is 1. The molecule has 0 spiro atoms. The Balaban J connectivity index is 2.65. The van der Waals surface area contributed by atoms with Crippen molar-refractivity contribution in [3.8, 4) is 0 Å². The summed E-state index contributed by atoms with van der Waals surface area (Å²) >= 11 is 3.02. The van der Waals surface area contributed by atoms with Crippen LogP contribution in [0.1, 0.15) is 24.0 Å². The summed E-state index contributed by atoms with van der Waals surface area (Å²) in [5.41, 5.74) is -2.39. The molecule has 1 saturated carbocycles. The third-order valence-corrected chi connectivity index (χ3v) is 3.62. The first-order chi connectivity index (χ1) is 7.79. The van der Waals surface area contributed by atoms with Crippen LogP contribution in [-0.4, -0.2) is 11.1 Å². The summed E-state index contributed by atoms with van der Waals surface area (Å²) in [7, 11) is 0. The summed E-state index contributed by atoms with van der Waals surface area (Å²) in [5, 5.41) is 9.08. The van der Waals surface area contributed by atoms with Crippen LogP contribution >= 0.6 is 15.9 Å². The van der Waals surface area contributed by atoms with E-state index in [9.17, 15) is 18.0 Å². The first-order valence-electron chi connectivity index (χ1n) is 4.88. The summed E-state index contributed by atoms with van der Waals surface area (Å²) < 4.78 is 38.7. The molecular weight excluding hydrogens is 301 g/mol. The van der Waals surface area contributed by atoms with Crippen molar-refractivity contribution in [1.82, 2.24) is 0 Å². The zero-order valence-corrected chi connectivity index (χ0v) is 10.1. The van der Waals surface area contributed by atoms with E-state index in [0.29, 0.717) is 0 Å². The molecule has 0 saturated heterocycles. The number of carboxylic acids is 1. The van der Waals surface area contributed by atoms with Crippen molar-refractivity contribution in [1.29, 1.82) is 0 Å². The van der Waals surface area contributed by atoms with Crippen LogP contribution < -0.4 is 0 Å². The summed E-state index contributed by atoms with van der Waals surface area (Å²) in [6.45, 7) is 0. The number of benzene rings is 1. The zero-order chi connectivity index (χ0) is 12.8. The second kappa shape index (κ2) is 3.73. The fourth-order valence-corrected chi connectivity index (χ4v) is 2.69. The van der Waals surface area contributed by atoms with Gasteiger partial charge in [-0.15, -0.1) is 0 Å². The van der Waals surface area contributed by atoms with E-state index in [1.54, 1.807) is 0 Å². The number of carboxylic acid groups (broad SMARTS) is 1. The maximum absolute atomic E-state index is 12.8. The van der Waals surface area contributed by atoms with Gasteiger partial charge in [0.25, 0.3) is 0 Å². The molecule has 0 atom stereocenters. The summed E-state index contributed by atoms with van der Waals surface area (Å²) in [5.74, 6) is -1.20. The molecule has 0 heterocycles. The molecule has 2 nitrogen and oxygen atoms in total. The molecule has 0 radical (unpaired) electrons. The average molecular weight is 309 g/mol. The molecule has 1 aliphatic rings. The van der Waals surface area contributed by atoms with Gasteiger partial charge in [-0.3, -0.25) is 4.79 Å². The van der Waals surface area contributed by atoms with Gasteiger partial charge in [0.2, 0.25) is 0 Å². The number of alkyl halides is 3. The molecule has 0 aliphatic heterocycles. The third-order valence-electron chi connectivity index (χ3n) is 2.96. The largest absolute Gasteiger partial charge is 0.481 e. The fourth-order valence-electron chi connectivity index (χ4n) is 1.94. The Kier molecular flexibility index (Phi) is 2.72. The molecule has 0 amide bonds. The van der Waals surface area contributed by atoms with E-state index in [1.807, 2.05) is 0 Å². The van der Waals surface area contributed by atoms with E-state index >= 15 is 0 Å². The minimum Gasteiger partial charge on any atom is -0.481 e. The molecule has 0 unspecified atom stereocenters. The Bertz CT molecular complexity index is 478. The Morgan fingerprint density at radius 2 is 1.94 bits per heavy atom. The average Bonchev–Trinajstić information content (AvgIpc) is 2.96. The topological polar surface area (TPSA) is 37.3 Å². The van der Waals surface area contributed by atoms with Gasteiger partial charge in [0.15, 0.2) is 0 Å². The van der Waals surface area contributed by atoms with Crippen molar-refractivity contribution in [2.75, 3.05) is 0 Å². The van der Waals surface area contributed by atoms with Crippen LogP contribution in [-0.2, 0) is 16.4 Å². The quantitative estimate of drug-likeness (QED) is 0.906. The third kappa shape index (κ3) is 1.94. The van der Waals surface area contributed by atoms with Crippen LogP contribution in [0, 0.1) is 0 Å². The van der Waals surface area contributed by atoms with E-state index in [0.717, 1.165) is 6.07 Å². The fraction of sp³-hybridized carbons (Fsp3) is 0.364. The van der Waals surface area contributed by atoms with Gasteiger partial charge in [-0.25, -0.2) is 0 Å². The van der Waals surface area contributed by atoms with Gasteiger partial charge in [-0.05, 0) is 30.5 Å². The standard InChI is InChI=1S/C11H8BrF3O2/c12-7-3-1-2-6(11(13,14)15)8(7)10(4-5-10)9(16)17/h1-3H,4-5H2,(H,16,17). The molecule has 17 heavy (non-hydrogen) atoms. The normalized spacial score (nSPS) is 17.9. The predicted octanol–water partition coefficient (Wildman–Crippen LogP) is 3.58. The molecule has 1 N–H and O–H groups in total. The lowest BCUT2D eigenvalue weighted by atomic mass is 9.91. The number of rotatable bonds is 2. The predicted molar refractivity (Wildman–Crippen MR) is 57.7 cm³/mol. The highest BCUT2D eigenvalue weighted by Gasteiger charge is 2.56. The first kappa shape index (κ1) is 12.4. The summed E-state index contributed by atoms with van der Waals surface area (Å²) in [6.07, 6.45) is -4.05. The van der Waals surface area contributed by atoms with E-state index in [-0.39, 0.29) is 22.9 Å². The molecule has 1 aliphatic carbocycles. The van der Waals surface area contributed by atoms with E-state index in [1.165, 1.54) is 12.1 Å².